The molecular formula is C22H30N2O4. The molecule has 28 heavy (non-hydrogen) atoms. The van der Waals surface area contributed by atoms with Gasteiger partial charge in [-0.2, -0.15) is 0 Å². The number of nitrogens with zero attached hydrogens (tertiary/aromatic N) is 2. The lowest BCUT2D eigenvalue weighted by Crippen LogP contribution is -2.42. The number of benzene rings is 1. The molecule has 1 aromatic rings. The third kappa shape index (κ3) is 3.67. The average molecular weight is 386 g/mol. The highest BCUT2D eigenvalue weighted by Gasteiger charge is 2.39. The highest BCUT2D eigenvalue weighted by molar-refractivity contribution is 6.05. The van der Waals surface area contributed by atoms with E-state index in [1.165, 1.54) is 0 Å². The van der Waals surface area contributed by atoms with E-state index in [0.717, 1.165) is 37.1 Å². The lowest BCUT2D eigenvalue weighted by molar-refractivity contribution is -0.129. The van der Waals surface area contributed by atoms with Crippen LogP contribution in [0.2, 0.25) is 0 Å². The Bertz CT molecular complexity index is 691. The second kappa shape index (κ2) is 7.84. The Morgan fingerprint density at radius 1 is 0.786 bits per heavy atom. The van der Waals surface area contributed by atoms with Crippen LogP contribution >= 0.6 is 0 Å². The van der Waals surface area contributed by atoms with Gasteiger partial charge in [0.15, 0.2) is 0 Å². The minimum absolute atomic E-state index is 0.00341. The Labute approximate surface area is 166 Å². The topological polar surface area (TPSA) is 59.1 Å². The lowest BCUT2D eigenvalue weighted by atomic mass is 10.1. The largest absolute Gasteiger partial charge is 0.365 e. The van der Waals surface area contributed by atoms with E-state index >= 15 is 0 Å². The summed E-state index contributed by atoms with van der Waals surface area (Å²) in [5.74, 6) is 0.158. The molecule has 4 unspecified atom stereocenters. The summed E-state index contributed by atoms with van der Waals surface area (Å²) in [5.41, 5.74) is 1.58. The molecular weight excluding hydrogens is 356 g/mol. The Kier molecular flexibility index (Phi) is 5.43. The molecule has 1 aromatic carbocycles. The van der Waals surface area contributed by atoms with Crippen molar-refractivity contribution in [2.75, 3.05) is 22.9 Å². The summed E-state index contributed by atoms with van der Waals surface area (Å²) >= 11 is 0. The normalized spacial score (nSPS) is 32.9. The number of fused-ring (bicyclic) bond motifs is 1. The van der Waals surface area contributed by atoms with Gasteiger partial charge in [-0.05, 0) is 57.6 Å². The number of para-hydroxylation sites is 2. The average Bonchev–Trinajstić information content (AvgIpc) is 3.28. The summed E-state index contributed by atoms with van der Waals surface area (Å²) in [6.45, 7) is 7.26. The quantitative estimate of drug-likeness (QED) is 0.784. The molecule has 3 aliphatic heterocycles. The summed E-state index contributed by atoms with van der Waals surface area (Å²) < 4.78 is 11.7. The van der Waals surface area contributed by atoms with Gasteiger partial charge in [-0.25, -0.2) is 0 Å². The van der Waals surface area contributed by atoms with Crippen LogP contribution in [-0.4, -0.2) is 49.3 Å². The summed E-state index contributed by atoms with van der Waals surface area (Å²) in [4.78, 5) is 30.2. The summed E-state index contributed by atoms with van der Waals surface area (Å²) in [6, 6.07) is 7.71. The van der Waals surface area contributed by atoms with Crippen molar-refractivity contribution in [3.8, 4) is 0 Å². The molecule has 0 aromatic heterocycles. The van der Waals surface area contributed by atoms with Crippen molar-refractivity contribution in [1.29, 1.82) is 0 Å². The van der Waals surface area contributed by atoms with Crippen molar-refractivity contribution < 1.29 is 19.1 Å². The summed E-state index contributed by atoms with van der Waals surface area (Å²) in [6.07, 6.45) is 2.77. The maximum atomic E-state index is 13.3. The standard InChI is InChI=1S/C22H30N2O4/c1-14-12-23(21(25)19-10-8-15(2)27-19)17-6-4-5-7-18(17)24(13-14)22(26)20-11-9-16(3)28-20/h4-7,14-16,19-20H,8-13H2,1-3H3. The fraction of sp³-hybridized carbons (Fsp3) is 0.636. The molecule has 6 heteroatoms. The Hall–Kier alpha value is -1.92. The molecule has 3 aliphatic rings. The number of ether oxygens (including phenoxy) is 2. The number of anilines is 2. The van der Waals surface area contributed by atoms with E-state index in [9.17, 15) is 9.59 Å². The molecule has 2 amide bonds. The maximum absolute atomic E-state index is 13.3. The van der Waals surface area contributed by atoms with Gasteiger partial charge in [0.2, 0.25) is 0 Å². The fourth-order valence-corrected chi connectivity index (χ4v) is 4.53. The number of amides is 2. The van der Waals surface area contributed by atoms with Crippen molar-refractivity contribution >= 4 is 23.2 Å². The van der Waals surface area contributed by atoms with Gasteiger partial charge in [0.1, 0.15) is 12.2 Å². The first-order valence-electron chi connectivity index (χ1n) is 10.5. The highest BCUT2D eigenvalue weighted by atomic mass is 16.5. The smallest absolute Gasteiger partial charge is 0.256 e. The lowest BCUT2D eigenvalue weighted by Gasteiger charge is -2.28. The van der Waals surface area contributed by atoms with Crippen molar-refractivity contribution in [3.05, 3.63) is 24.3 Å². The summed E-state index contributed by atoms with van der Waals surface area (Å²) in [7, 11) is 0. The molecule has 152 valence electrons. The highest BCUT2D eigenvalue weighted by Crippen LogP contribution is 2.36. The van der Waals surface area contributed by atoms with E-state index in [1.54, 1.807) is 0 Å². The van der Waals surface area contributed by atoms with Crippen LogP contribution in [-0.2, 0) is 19.1 Å². The molecule has 4 rings (SSSR count). The van der Waals surface area contributed by atoms with Crippen LogP contribution in [0.25, 0.3) is 0 Å². The van der Waals surface area contributed by atoms with Gasteiger partial charge in [-0.1, -0.05) is 19.1 Å². The van der Waals surface area contributed by atoms with Crippen LogP contribution < -0.4 is 9.80 Å². The monoisotopic (exact) mass is 386 g/mol. The Morgan fingerprint density at radius 2 is 1.21 bits per heavy atom. The Balaban J connectivity index is 1.65. The molecule has 0 saturated carbocycles. The van der Waals surface area contributed by atoms with Gasteiger partial charge >= 0.3 is 0 Å². The first-order valence-corrected chi connectivity index (χ1v) is 10.5. The number of carbonyl (C=O) groups excluding carboxylic acids is 2. The van der Waals surface area contributed by atoms with E-state index in [4.69, 9.17) is 9.47 Å². The van der Waals surface area contributed by atoms with Crippen LogP contribution in [0.4, 0.5) is 11.4 Å². The van der Waals surface area contributed by atoms with E-state index in [-0.39, 0.29) is 29.9 Å². The second-order valence-corrected chi connectivity index (χ2v) is 8.52. The summed E-state index contributed by atoms with van der Waals surface area (Å²) in [5, 5.41) is 0. The first kappa shape index (κ1) is 19.4. The molecule has 3 heterocycles. The molecule has 0 N–H and O–H groups in total. The number of hydrogen-bond donors (Lipinski definition) is 0. The molecule has 0 aliphatic carbocycles. The zero-order chi connectivity index (χ0) is 19.8. The zero-order valence-electron chi connectivity index (χ0n) is 17.0. The van der Waals surface area contributed by atoms with Crippen molar-refractivity contribution in [2.45, 2.75) is 70.9 Å². The molecule has 2 fully saturated rings. The van der Waals surface area contributed by atoms with Crippen molar-refractivity contribution in [3.63, 3.8) is 0 Å². The third-order valence-corrected chi connectivity index (χ3v) is 6.00. The second-order valence-electron chi connectivity index (χ2n) is 8.52. The predicted octanol–water partition coefficient (Wildman–Crippen LogP) is 3.14. The van der Waals surface area contributed by atoms with E-state index in [1.807, 2.05) is 47.9 Å². The van der Waals surface area contributed by atoms with E-state index in [2.05, 4.69) is 6.92 Å². The molecule has 2 saturated heterocycles. The SMILES string of the molecule is CC1CN(C(=O)C2CCC(C)O2)c2ccccc2N(C(=O)C2CCC(C)O2)C1. The fourth-order valence-electron chi connectivity index (χ4n) is 4.53. The number of carbonyl (C=O) groups is 2. The van der Waals surface area contributed by atoms with Crippen molar-refractivity contribution in [2.24, 2.45) is 5.92 Å². The van der Waals surface area contributed by atoms with Crippen LogP contribution in [0.15, 0.2) is 24.3 Å². The van der Waals surface area contributed by atoms with Gasteiger partial charge in [0.05, 0.1) is 23.6 Å². The molecule has 0 bridgehead atoms. The zero-order valence-corrected chi connectivity index (χ0v) is 17.0. The van der Waals surface area contributed by atoms with Crippen LogP contribution in [0.1, 0.15) is 46.5 Å². The van der Waals surface area contributed by atoms with Crippen LogP contribution in [0.3, 0.4) is 0 Å². The van der Waals surface area contributed by atoms with Gasteiger partial charge in [0.25, 0.3) is 11.8 Å². The van der Waals surface area contributed by atoms with Gasteiger partial charge in [-0.15, -0.1) is 0 Å². The molecule has 6 nitrogen and oxygen atoms in total. The van der Waals surface area contributed by atoms with Crippen molar-refractivity contribution in [1.82, 2.24) is 0 Å². The van der Waals surface area contributed by atoms with Crippen LogP contribution in [0.5, 0.6) is 0 Å². The van der Waals surface area contributed by atoms with Gasteiger partial charge in [-0.3, -0.25) is 9.59 Å². The molecule has 0 spiro atoms. The number of rotatable bonds is 2. The minimum Gasteiger partial charge on any atom is -0.365 e. The predicted molar refractivity (Wildman–Crippen MR) is 107 cm³/mol. The molecule has 0 radical (unpaired) electrons. The van der Waals surface area contributed by atoms with E-state index in [0.29, 0.717) is 13.1 Å². The number of hydrogen-bond acceptors (Lipinski definition) is 4. The van der Waals surface area contributed by atoms with E-state index < -0.39 is 12.2 Å². The molecule has 4 atom stereocenters. The first-order chi connectivity index (χ1) is 13.4. The maximum Gasteiger partial charge on any atom is 0.256 e. The van der Waals surface area contributed by atoms with Gasteiger partial charge in [0, 0.05) is 13.1 Å². The minimum atomic E-state index is -0.392. The van der Waals surface area contributed by atoms with Gasteiger partial charge < -0.3 is 19.3 Å². The Morgan fingerprint density at radius 3 is 1.57 bits per heavy atom. The van der Waals surface area contributed by atoms with Crippen LogP contribution in [0, 0.1) is 5.92 Å². The third-order valence-electron chi connectivity index (χ3n) is 6.00.